The molecule has 0 amide bonds. The zero-order chi connectivity index (χ0) is 39.3. The minimum Gasteiger partial charge on any atom is -0.309 e. The van der Waals surface area contributed by atoms with E-state index < -0.39 is 0 Å². The van der Waals surface area contributed by atoms with Crippen LogP contribution in [0.4, 0.5) is 17.1 Å². The number of hydrogen-bond donors (Lipinski definition) is 0. The zero-order valence-electron chi connectivity index (χ0n) is 34.6. The van der Waals surface area contributed by atoms with Crippen molar-refractivity contribution in [2.75, 3.05) is 4.90 Å². The molecular weight excluding hydrogens is 687 g/mol. The molecule has 0 radical (unpaired) electrons. The molecule has 8 aromatic rings. The highest BCUT2D eigenvalue weighted by molar-refractivity contribution is 6.13. The van der Waals surface area contributed by atoms with Gasteiger partial charge in [-0.05, 0) is 114 Å². The van der Waals surface area contributed by atoms with Crippen molar-refractivity contribution in [1.82, 2.24) is 0 Å². The molecule has 1 nitrogen and oxygen atoms in total. The highest BCUT2D eigenvalue weighted by Crippen LogP contribution is 2.49. The van der Waals surface area contributed by atoms with Crippen LogP contribution < -0.4 is 4.90 Å². The fourth-order valence-electron chi connectivity index (χ4n) is 9.43. The number of para-hydroxylation sites is 2. The Morgan fingerprint density at radius 1 is 0.421 bits per heavy atom. The lowest BCUT2D eigenvalue weighted by Gasteiger charge is -2.34. The summed E-state index contributed by atoms with van der Waals surface area (Å²) in [6.07, 6.45) is 6.51. The van der Waals surface area contributed by atoms with Crippen molar-refractivity contribution in [3.05, 3.63) is 174 Å². The van der Waals surface area contributed by atoms with Gasteiger partial charge in [0.05, 0.1) is 11.4 Å². The van der Waals surface area contributed by atoms with Crippen molar-refractivity contribution in [3.8, 4) is 22.3 Å². The normalized spacial score (nSPS) is 14.1. The van der Waals surface area contributed by atoms with Gasteiger partial charge >= 0.3 is 0 Å². The van der Waals surface area contributed by atoms with E-state index in [0.29, 0.717) is 5.92 Å². The number of fused-ring (bicyclic) bond motifs is 4. The first-order valence-corrected chi connectivity index (χ1v) is 21.1. The SMILES string of the molecule is CC(C)(C)c1cc(N(c2ccccc2-c2cccc3c2ccc2ccccc23)c2ccccc2-c2cccc3cccc(C4CCCCC4)c23)cc(C(C)(C)C)c1. The van der Waals surface area contributed by atoms with Gasteiger partial charge in [0.15, 0.2) is 0 Å². The fourth-order valence-corrected chi connectivity index (χ4v) is 9.43. The van der Waals surface area contributed by atoms with E-state index in [1.807, 2.05) is 0 Å². The van der Waals surface area contributed by atoms with Crippen molar-refractivity contribution in [3.63, 3.8) is 0 Å². The molecule has 0 spiro atoms. The van der Waals surface area contributed by atoms with E-state index in [2.05, 4.69) is 204 Å². The van der Waals surface area contributed by atoms with Gasteiger partial charge < -0.3 is 4.90 Å². The summed E-state index contributed by atoms with van der Waals surface area (Å²) in [5.41, 5.74) is 12.7. The molecule has 0 aliphatic heterocycles. The van der Waals surface area contributed by atoms with E-state index in [1.54, 1.807) is 0 Å². The molecule has 1 saturated carbocycles. The minimum absolute atomic E-state index is 0.0397. The predicted molar refractivity (Wildman–Crippen MR) is 248 cm³/mol. The fraction of sp³-hybridized carbons (Fsp3) is 0.250. The quantitative estimate of drug-likeness (QED) is 0.153. The van der Waals surface area contributed by atoms with Crippen LogP contribution in [0.1, 0.15) is 96.3 Å². The van der Waals surface area contributed by atoms with Crippen LogP contribution in [0.5, 0.6) is 0 Å². The van der Waals surface area contributed by atoms with Gasteiger partial charge in [-0.25, -0.2) is 0 Å². The molecule has 9 rings (SSSR count). The molecule has 0 heterocycles. The second-order valence-corrected chi connectivity index (χ2v) is 18.4. The van der Waals surface area contributed by atoms with Crippen LogP contribution in [0.2, 0.25) is 0 Å². The first-order chi connectivity index (χ1) is 27.6. The molecular formula is C56H55N. The molecule has 1 heteroatoms. The lowest BCUT2D eigenvalue weighted by Crippen LogP contribution is -2.19. The Kier molecular flexibility index (Phi) is 9.52. The molecule has 0 atom stereocenters. The van der Waals surface area contributed by atoms with Gasteiger partial charge in [-0.1, -0.05) is 194 Å². The average Bonchev–Trinajstić information content (AvgIpc) is 3.23. The third-order valence-electron chi connectivity index (χ3n) is 12.5. The van der Waals surface area contributed by atoms with Gasteiger partial charge in [-0.3, -0.25) is 0 Å². The summed E-state index contributed by atoms with van der Waals surface area (Å²) in [5, 5.41) is 7.83. The van der Waals surface area contributed by atoms with Gasteiger partial charge in [-0.2, -0.15) is 0 Å². The Morgan fingerprint density at radius 3 is 1.63 bits per heavy atom. The van der Waals surface area contributed by atoms with Gasteiger partial charge in [0.2, 0.25) is 0 Å². The molecule has 0 saturated heterocycles. The van der Waals surface area contributed by atoms with Crippen molar-refractivity contribution in [2.24, 2.45) is 0 Å². The Bertz CT molecular complexity index is 2710. The summed E-state index contributed by atoms with van der Waals surface area (Å²) in [5.74, 6) is 0.591. The van der Waals surface area contributed by atoms with Crippen LogP contribution in [0.25, 0.3) is 54.6 Å². The van der Waals surface area contributed by atoms with Crippen LogP contribution in [0.15, 0.2) is 158 Å². The van der Waals surface area contributed by atoms with Crippen molar-refractivity contribution in [2.45, 2.75) is 90.4 Å². The summed E-state index contributed by atoms with van der Waals surface area (Å²) in [4.78, 5) is 2.58. The largest absolute Gasteiger partial charge is 0.309 e. The monoisotopic (exact) mass is 741 g/mol. The van der Waals surface area contributed by atoms with Crippen molar-refractivity contribution < 1.29 is 0 Å². The number of hydrogen-bond acceptors (Lipinski definition) is 1. The van der Waals surface area contributed by atoms with Crippen molar-refractivity contribution in [1.29, 1.82) is 0 Å². The summed E-state index contributed by atoms with van der Waals surface area (Å²) in [6, 6.07) is 59.8. The van der Waals surface area contributed by atoms with E-state index >= 15 is 0 Å². The van der Waals surface area contributed by atoms with Gasteiger partial charge in [0.25, 0.3) is 0 Å². The number of nitrogens with zero attached hydrogens (tertiary/aromatic N) is 1. The molecule has 8 aromatic carbocycles. The molecule has 57 heavy (non-hydrogen) atoms. The smallest absolute Gasteiger partial charge is 0.0540 e. The Morgan fingerprint density at radius 2 is 0.947 bits per heavy atom. The highest BCUT2D eigenvalue weighted by atomic mass is 15.1. The molecule has 0 N–H and O–H groups in total. The summed E-state index contributed by atoms with van der Waals surface area (Å²) in [7, 11) is 0. The molecule has 1 aliphatic rings. The van der Waals surface area contributed by atoms with E-state index in [4.69, 9.17) is 0 Å². The van der Waals surface area contributed by atoms with E-state index in [-0.39, 0.29) is 10.8 Å². The second-order valence-electron chi connectivity index (χ2n) is 18.4. The highest BCUT2D eigenvalue weighted by Gasteiger charge is 2.27. The Labute approximate surface area is 340 Å². The first-order valence-electron chi connectivity index (χ1n) is 21.1. The van der Waals surface area contributed by atoms with Crippen LogP contribution in [-0.2, 0) is 10.8 Å². The zero-order valence-corrected chi connectivity index (χ0v) is 34.6. The number of benzene rings is 8. The van der Waals surface area contributed by atoms with Crippen LogP contribution in [-0.4, -0.2) is 0 Å². The predicted octanol–water partition coefficient (Wildman–Crippen LogP) is 16.6. The lowest BCUT2D eigenvalue weighted by atomic mass is 9.80. The molecule has 0 unspecified atom stereocenters. The van der Waals surface area contributed by atoms with E-state index in [1.165, 1.54) is 120 Å². The average molecular weight is 742 g/mol. The summed E-state index contributed by atoms with van der Waals surface area (Å²) < 4.78 is 0. The first kappa shape index (κ1) is 36.9. The van der Waals surface area contributed by atoms with E-state index in [9.17, 15) is 0 Å². The third-order valence-corrected chi connectivity index (χ3v) is 12.5. The van der Waals surface area contributed by atoms with E-state index in [0.717, 1.165) is 0 Å². The standard InChI is InChI=1S/C56H55N/c1-55(2,3)41-35-42(56(4,5)6)37-43(36-41)57(52-31-14-12-25-49(52)47-29-18-28-46-44-24-11-10-21-39(44)33-34-48(46)47)53-32-15-13-26-50(53)51-30-17-23-40-22-16-27-45(54(40)51)38-19-8-7-9-20-38/h10-18,21-38H,7-9,19-20H2,1-6H3. The van der Waals surface area contributed by atoms with Crippen LogP contribution >= 0.6 is 0 Å². The molecule has 1 aliphatic carbocycles. The van der Waals surface area contributed by atoms with Gasteiger partial charge in [0, 0.05) is 16.8 Å². The second kappa shape index (κ2) is 14.7. The van der Waals surface area contributed by atoms with Crippen LogP contribution in [0, 0.1) is 0 Å². The third kappa shape index (κ3) is 6.92. The minimum atomic E-state index is -0.0397. The Balaban J connectivity index is 1.35. The summed E-state index contributed by atoms with van der Waals surface area (Å²) >= 11 is 0. The van der Waals surface area contributed by atoms with Crippen molar-refractivity contribution >= 4 is 49.4 Å². The van der Waals surface area contributed by atoms with Gasteiger partial charge in [-0.15, -0.1) is 0 Å². The number of anilines is 3. The lowest BCUT2D eigenvalue weighted by molar-refractivity contribution is 0.445. The molecule has 284 valence electrons. The topological polar surface area (TPSA) is 3.24 Å². The summed E-state index contributed by atoms with van der Waals surface area (Å²) in [6.45, 7) is 14.0. The number of rotatable bonds is 6. The van der Waals surface area contributed by atoms with Gasteiger partial charge in [0.1, 0.15) is 0 Å². The molecule has 1 fully saturated rings. The molecule has 0 aromatic heterocycles. The maximum Gasteiger partial charge on any atom is 0.0540 e. The maximum atomic E-state index is 2.58. The maximum absolute atomic E-state index is 2.58. The Hall–Kier alpha value is -5.66. The van der Waals surface area contributed by atoms with Crippen LogP contribution in [0.3, 0.4) is 0 Å². The molecule has 0 bridgehead atoms.